The van der Waals surface area contributed by atoms with Crippen LogP contribution in [0.15, 0.2) is 12.3 Å². The van der Waals surface area contributed by atoms with Crippen LogP contribution in [0, 0.1) is 0 Å². The molecule has 0 aromatic carbocycles. The van der Waals surface area contributed by atoms with Gasteiger partial charge >= 0.3 is 0 Å². The summed E-state index contributed by atoms with van der Waals surface area (Å²) in [5.41, 5.74) is 6.93. The molecule has 12 heavy (non-hydrogen) atoms. The largest absolute Gasteiger partial charge is 0.390 e. The average molecular weight is 181 g/mol. The first-order valence-electron chi connectivity index (χ1n) is 3.41. The van der Waals surface area contributed by atoms with E-state index in [1.807, 2.05) is 0 Å². The Morgan fingerprint density at radius 1 is 1.58 bits per heavy atom. The second-order valence-electron chi connectivity index (χ2n) is 2.35. The number of fused-ring (bicyclic) bond motifs is 1. The highest BCUT2D eigenvalue weighted by atomic mass is 32.1. The Balaban J connectivity index is 2.66. The quantitative estimate of drug-likeness (QED) is 0.681. The molecule has 4 nitrogen and oxygen atoms in total. The van der Waals surface area contributed by atoms with Crippen LogP contribution in [0.5, 0.6) is 0 Å². The number of pyridine rings is 1. The summed E-state index contributed by atoms with van der Waals surface area (Å²) in [4.78, 5) is 8.02. The second-order valence-corrected chi connectivity index (χ2v) is 3.42. The Kier molecular flexibility index (Phi) is 1.67. The molecule has 0 aliphatic carbocycles. The molecular weight excluding hydrogens is 174 g/mol. The third kappa shape index (κ3) is 1.13. The molecule has 3 N–H and O–H groups in total. The topological polar surface area (TPSA) is 72.0 Å². The molecule has 0 saturated carbocycles. The van der Waals surface area contributed by atoms with Gasteiger partial charge in [0.1, 0.15) is 5.52 Å². The molecule has 62 valence electrons. The monoisotopic (exact) mass is 181 g/mol. The van der Waals surface area contributed by atoms with Crippen molar-refractivity contribution in [1.82, 2.24) is 9.97 Å². The lowest BCUT2D eigenvalue weighted by atomic mass is 10.3. The van der Waals surface area contributed by atoms with Crippen molar-refractivity contribution in [2.24, 2.45) is 0 Å². The number of aliphatic hydroxyl groups excluding tert-OH is 1. The molecule has 2 aromatic heterocycles. The van der Waals surface area contributed by atoms with E-state index in [9.17, 15) is 0 Å². The summed E-state index contributed by atoms with van der Waals surface area (Å²) < 4.78 is 0.964. The molecule has 0 bridgehead atoms. The third-order valence-corrected chi connectivity index (χ3v) is 2.36. The van der Waals surface area contributed by atoms with E-state index < -0.39 is 0 Å². The standard InChI is InChI=1S/C7H7N3OS/c8-7-10-5-2-9-4(3-11)1-6(5)12-7/h1-2,11H,3H2,(H2,8,10). The number of thiazole rings is 1. The first-order chi connectivity index (χ1) is 5.79. The Labute approximate surface area is 72.7 Å². The summed E-state index contributed by atoms with van der Waals surface area (Å²) in [5.74, 6) is 0. The van der Waals surface area contributed by atoms with Crippen molar-refractivity contribution in [1.29, 1.82) is 0 Å². The molecule has 0 amide bonds. The number of rotatable bonds is 1. The van der Waals surface area contributed by atoms with Crippen LogP contribution in [0.1, 0.15) is 5.69 Å². The van der Waals surface area contributed by atoms with Gasteiger partial charge in [0.25, 0.3) is 0 Å². The maximum absolute atomic E-state index is 8.79. The van der Waals surface area contributed by atoms with Gasteiger partial charge in [-0.25, -0.2) is 4.98 Å². The number of nitrogens with zero attached hydrogens (tertiary/aromatic N) is 2. The van der Waals surface area contributed by atoms with Crippen molar-refractivity contribution in [2.45, 2.75) is 6.61 Å². The fourth-order valence-corrected chi connectivity index (χ4v) is 1.74. The molecule has 0 atom stereocenters. The van der Waals surface area contributed by atoms with Gasteiger partial charge in [-0.1, -0.05) is 11.3 Å². The van der Waals surface area contributed by atoms with Gasteiger partial charge in [-0.15, -0.1) is 0 Å². The number of aliphatic hydroxyl groups is 1. The van der Waals surface area contributed by atoms with Crippen molar-refractivity contribution in [2.75, 3.05) is 5.73 Å². The van der Waals surface area contributed by atoms with Gasteiger partial charge < -0.3 is 10.8 Å². The van der Waals surface area contributed by atoms with Crippen LogP contribution in [0.4, 0.5) is 5.13 Å². The van der Waals surface area contributed by atoms with Gasteiger partial charge in [0, 0.05) is 0 Å². The van der Waals surface area contributed by atoms with Crippen LogP contribution < -0.4 is 5.73 Å². The zero-order chi connectivity index (χ0) is 8.55. The number of hydrogen-bond acceptors (Lipinski definition) is 5. The van der Waals surface area contributed by atoms with Crippen LogP contribution in [0.3, 0.4) is 0 Å². The van der Waals surface area contributed by atoms with E-state index in [0.29, 0.717) is 10.8 Å². The van der Waals surface area contributed by atoms with Crippen LogP contribution in [0.2, 0.25) is 0 Å². The van der Waals surface area contributed by atoms with Gasteiger partial charge in [-0.05, 0) is 6.07 Å². The lowest BCUT2D eigenvalue weighted by Gasteiger charge is -1.91. The van der Waals surface area contributed by atoms with Gasteiger partial charge in [0.2, 0.25) is 0 Å². The maximum atomic E-state index is 8.79. The maximum Gasteiger partial charge on any atom is 0.181 e. The molecule has 0 radical (unpaired) electrons. The van der Waals surface area contributed by atoms with Crippen molar-refractivity contribution < 1.29 is 5.11 Å². The van der Waals surface area contributed by atoms with E-state index in [4.69, 9.17) is 10.8 Å². The average Bonchev–Trinajstić information content (AvgIpc) is 2.43. The summed E-state index contributed by atoms with van der Waals surface area (Å²) in [7, 11) is 0. The Morgan fingerprint density at radius 2 is 2.42 bits per heavy atom. The van der Waals surface area contributed by atoms with Gasteiger partial charge in [0.15, 0.2) is 5.13 Å². The molecule has 2 rings (SSSR count). The first-order valence-corrected chi connectivity index (χ1v) is 4.23. The zero-order valence-corrected chi connectivity index (χ0v) is 7.01. The highest BCUT2D eigenvalue weighted by Gasteiger charge is 2.01. The van der Waals surface area contributed by atoms with Crippen molar-refractivity contribution in [3.05, 3.63) is 18.0 Å². The Morgan fingerprint density at radius 3 is 3.17 bits per heavy atom. The number of anilines is 1. The van der Waals surface area contributed by atoms with Crippen molar-refractivity contribution in [3.63, 3.8) is 0 Å². The molecule has 0 aliphatic heterocycles. The van der Waals surface area contributed by atoms with E-state index in [-0.39, 0.29) is 6.61 Å². The summed E-state index contributed by atoms with van der Waals surface area (Å²) in [6.07, 6.45) is 1.62. The fraction of sp³-hybridized carbons (Fsp3) is 0.143. The Hall–Kier alpha value is -1.20. The highest BCUT2D eigenvalue weighted by molar-refractivity contribution is 7.22. The molecule has 2 heterocycles. The molecule has 0 unspecified atom stereocenters. The molecule has 2 aromatic rings. The molecular formula is C7H7N3OS. The normalized spacial score (nSPS) is 10.8. The van der Waals surface area contributed by atoms with Crippen LogP contribution in [0.25, 0.3) is 10.2 Å². The van der Waals surface area contributed by atoms with Gasteiger partial charge in [-0.3, -0.25) is 4.98 Å². The van der Waals surface area contributed by atoms with Crippen molar-refractivity contribution >= 4 is 26.7 Å². The minimum absolute atomic E-state index is 0.0479. The van der Waals surface area contributed by atoms with Crippen LogP contribution in [-0.2, 0) is 6.61 Å². The van der Waals surface area contributed by atoms with E-state index in [0.717, 1.165) is 10.2 Å². The summed E-state index contributed by atoms with van der Waals surface area (Å²) in [6, 6.07) is 1.80. The van der Waals surface area contributed by atoms with Crippen molar-refractivity contribution in [3.8, 4) is 0 Å². The predicted octanol–water partition coefficient (Wildman–Crippen LogP) is 0.766. The molecule has 0 saturated heterocycles. The molecule has 5 heteroatoms. The summed E-state index contributed by atoms with van der Waals surface area (Å²) in [5, 5.41) is 9.32. The Bertz CT molecular complexity index is 412. The minimum atomic E-state index is -0.0479. The highest BCUT2D eigenvalue weighted by Crippen LogP contribution is 2.23. The van der Waals surface area contributed by atoms with E-state index >= 15 is 0 Å². The van der Waals surface area contributed by atoms with Gasteiger partial charge in [-0.2, -0.15) is 0 Å². The van der Waals surface area contributed by atoms with E-state index in [1.54, 1.807) is 12.3 Å². The van der Waals surface area contributed by atoms with Crippen LogP contribution in [-0.4, -0.2) is 15.1 Å². The van der Waals surface area contributed by atoms with Gasteiger partial charge in [0.05, 0.1) is 23.2 Å². The smallest absolute Gasteiger partial charge is 0.181 e. The zero-order valence-electron chi connectivity index (χ0n) is 6.19. The molecule has 0 aliphatic rings. The number of aromatic nitrogens is 2. The van der Waals surface area contributed by atoms with Crippen LogP contribution >= 0.6 is 11.3 Å². The lowest BCUT2D eigenvalue weighted by Crippen LogP contribution is -1.86. The predicted molar refractivity (Wildman–Crippen MR) is 47.8 cm³/mol. The molecule has 0 fully saturated rings. The minimum Gasteiger partial charge on any atom is -0.390 e. The molecule has 0 spiro atoms. The van der Waals surface area contributed by atoms with E-state index in [2.05, 4.69) is 9.97 Å². The first kappa shape index (κ1) is 7.45. The van der Waals surface area contributed by atoms with E-state index in [1.165, 1.54) is 11.3 Å². The number of nitrogen functional groups attached to an aromatic ring is 1. The second kappa shape index (κ2) is 2.69. The number of hydrogen-bond donors (Lipinski definition) is 2. The fourth-order valence-electron chi connectivity index (χ4n) is 0.977. The number of nitrogens with two attached hydrogens (primary N) is 1. The SMILES string of the molecule is Nc1nc2cnc(CO)cc2s1. The lowest BCUT2D eigenvalue weighted by molar-refractivity contribution is 0.277. The third-order valence-electron chi connectivity index (χ3n) is 1.51. The summed E-state index contributed by atoms with van der Waals surface area (Å²) in [6.45, 7) is -0.0479. The summed E-state index contributed by atoms with van der Waals surface area (Å²) >= 11 is 1.40.